The van der Waals surface area contributed by atoms with Gasteiger partial charge in [0.1, 0.15) is 10.6 Å². The van der Waals surface area contributed by atoms with Crippen LogP contribution in [0.3, 0.4) is 0 Å². The van der Waals surface area contributed by atoms with Gasteiger partial charge in [-0.1, -0.05) is 30.3 Å². The molecule has 2 bridgehead atoms. The number of nitrogens with zero attached hydrogens (tertiary/aromatic N) is 2. The molecule has 2 atom stereocenters. The lowest BCUT2D eigenvalue weighted by molar-refractivity contribution is -0.117. The smallest absolute Gasteiger partial charge is 0.245 e. The third kappa shape index (κ3) is 2.15. The zero-order chi connectivity index (χ0) is 17.8. The second-order valence-corrected chi connectivity index (χ2v) is 8.07. The molecular formula is C22H18N2OS. The Morgan fingerprint density at radius 2 is 1.73 bits per heavy atom. The maximum atomic E-state index is 13.4. The molecule has 2 aliphatic heterocycles. The van der Waals surface area contributed by atoms with E-state index in [4.69, 9.17) is 4.98 Å². The van der Waals surface area contributed by atoms with Crippen LogP contribution in [-0.2, 0) is 4.79 Å². The number of hydrogen-bond acceptors (Lipinski definition) is 3. The summed E-state index contributed by atoms with van der Waals surface area (Å²) in [7, 11) is 0. The fourth-order valence-corrected chi connectivity index (χ4v) is 5.38. The SMILES string of the molecule is Cc1cc2c(cc1C)C1SC(c3cccnc3-2)N(c2ccccc2)C1=O. The first-order valence-corrected chi connectivity index (χ1v) is 9.69. The van der Waals surface area contributed by atoms with Crippen LogP contribution in [0.25, 0.3) is 11.3 Å². The number of aryl methyl sites for hydroxylation is 2. The molecule has 1 fully saturated rings. The number of rotatable bonds is 1. The molecule has 1 saturated heterocycles. The maximum absolute atomic E-state index is 13.4. The predicted octanol–water partition coefficient (Wildman–Crippen LogP) is 5.20. The number of hydrogen-bond donors (Lipinski definition) is 0. The topological polar surface area (TPSA) is 33.2 Å². The molecular weight excluding hydrogens is 340 g/mol. The van der Waals surface area contributed by atoms with Crippen molar-refractivity contribution in [2.24, 2.45) is 0 Å². The lowest BCUT2D eigenvalue weighted by atomic mass is 9.91. The summed E-state index contributed by atoms with van der Waals surface area (Å²) in [5.74, 6) is 0.158. The summed E-state index contributed by atoms with van der Waals surface area (Å²) in [4.78, 5) is 20.0. The molecule has 3 nitrogen and oxygen atoms in total. The predicted molar refractivity (Wildman–Crippen MR) is 106 cm³/mol. The molecule has 3 aromatic rings. The van der Waals surface area contributed by atoms with Crippen LogP contribution >= 0.6 is 11.8 Å². The second-order valence-electron chi connectivity index (χ2n) is 6.88. The van der Waals surface area contributed by atoms with Gasteiger partial charge in [-0.05, 0) is 54.8 Å². The van der Waals surface area contributed by atoms with Gasteiger partial charge in [-0.25, -0.2) is 0 Å². The van der Waals surface area contributed by atoms with Crippen LogP contribution in [0.5, 0.6) is 0 Å². The molecule has 128 valence electrons. The first kappa shape index (κ1) is 15.6. The number of benzene rings is 2. The van der Waals surface area contributed by atoms with Gasteiger partial charge in [-0.15, -0.1) is 11.8 Å². The highest BCUT2D eigenvalue weighted by Crippen LogP contribution is 2.57. The van der Waals surface area contributed by atoms with Crippen LogP contribution < -0.4 is 4.90 Å². The first-order chi connectivity index (χ1) is 12.6. The van der Waals surface area contributed by atoms with Crippen molar-refractivity contribution in [1.82, 2.24) is 4.98 Å². The van der Waals surface area contributed by atoms with Crippen LogP contribution in [0, 0.1) is 13.8 Å². The standard InChI is InChI=1S/C22H18N2OS/c1-13-11-17-18(12-14(13)2)20-21(25)24(15-7-4-3-5-8-15)22(26-20)16-9-6-10-23-19(16)17/h3-12,20,22H,1-2H3. The summed E-state index contributed by atoms with van der Waals surface area (Å²) in [6.07, 6.45) is 1.84. The lowest BCUT2D eigenvalue weighted by Gasteiger charge is -2.27. The van der Waals surface area contributed by atoms with Gasteiger partial charge in [0.05, 0.1) is 5.69 Å². The van der Waals surface area contributed by atoms with Crippen molar-refractivity contribution in [3.63, 3.8) is 0 Å². The number of fused-ring (bicyclic) bond motifs is 7. The van der Waals surface area contributed by atoms with E-state index in [1.54, 1.807) is 11.8 Å². The molecule has 2 aromatic carbocycles. The van der Waals surface area contributed by atoms with E-state index in [2.05, 4.69) is 32.0 Å². The molecule has 26 heavy (non-hydrogen) atoms. The fourth-order valence-electron chi connectivity index (χ4n) is 3.86. The molecule has 0 N–H and O–H groups in total. The van der Waals surface area contributed by atoms with Crippen molar-refractivity contribution in [1.29, 1.82) is 0 Å². The third-order valence-corrected chi connectivity index (χ3v) is 6.75. The van der Waals surface area contributed by atoms with Gasteiger partial charge < -0.3 is 0 Å². The van der Waals surface area contributed by atoms with Crippen LogP contribution in [0.1, 0.15) is 32.9 Å². The van der Waals surface area contributed by atoms with Crippen molar-refractivity contribution < 1.29 is 4.79 Å². The third-order valence-electron chi connectivity index (χ3n) is 5.30. The molecule has 2 aliphatic rings. The monoisotopic (exact) mass is 358 g/mol. The van der Waals surface area contributed by atoms with Gasteiger partial charge >= 0.3 is 0 Å². The van der Waals surface area contributed by atoms with Crippen molar-refractivity contribution in [3.05, 3.63) is 83.0 Å². The summed E-state index contributed by atoms with van der Waals surface area (Å²) < 4.78 is 0. The molecule has 1 amide bonds. The van der Waals surface area contributed by atoms with Crippen molar-refractivity contribution >= 4 is 23.4 Å². The van der Waals surface area contributed by atoms with E-state index in [0.29, 0.717) is 0 Å². The van der Waals surface area contributed by atoms with E-state index < -0.39 is 0 Å². The Morgan fingerprint density at radius 1 is 0.962 bits per heavy atom. The van der Waals surface area contributed by atoms with E-state index in [0.717, 1.165) is 28.1 Å². The van der Waals surface area contributed by atoms with Crippen LogP contribution in [0.2, 0.25) is 0 Å². The molecule has 0 spiro atoms. The highest BCUT2D eigenvalue weighted by molar-refractivity contribution is 8.01. The Bertz CT molecular complexity index is 1030. The number of aromatic nitrogens is 1. The zero-order valence-electron chi connectivity index (χ0n) is 14.6. The number of carbonyl (C=O) groups excluding carboxylic acids is 1. The molecule has 1 aromatic heterocycles. The van der Waals surface area contributed by atoms with Crippen LogP contribution in [-0.4, -0.2) is 10.9 Å². The van der Waals surface area contributed by atoms with Gasteiger partial charge in [-0.3, -0.25) is 14.7 Å². The Balaban J connectivity index is 1.79. The van der Waals surface area contributed by atoms with Crippen LogP contribution in [0.4, 0.5) is 5.69 Å². The lowest BCUT2D eigenvalue weighted by Crippen LogP contribution is -2.30. The summed E-state index contributed by atoms with van der Waals surface area (Å²) in [5.41, 5.74) is 7.69. The van der Waals surface area contributed by atoms with Crippen molar-refractivity contribution in [2.45, 2.75) is 24.5 Å². The average molecular weight is 358 g/mol. The molecule has 4 heteroatoms. The summed E-state index contributed by atoms with van der Waals surface area (Å²) >= 11 is 1.72. The van der Waals surface area contributed by atoms with Gasteiger partial charge in [0.2, 0.25) is 5.91 Å². The largest absolute Gasteiger partial charge is 0.294 e. The Hall–Kier alpha value is -2.59. The molecule has 3 heterocycles. The summed E-state index contributed by atoms with van der Waals surface area (Å²) in [6, 6.07) is 18.4. The van der Waals surface area contributed by atoms with Gasteiger partial charge in [0, 0.05) is 23.0 Å². The Labute approximate surface area is 157 Å². The van der Waals surface area contributed by atoms with Crippen molar-refractivity contribution in [2.75, 3.05) is 4.90 Å². The number of carbonyl (C=O) groups is 1. The molecule has 0 aliphatic carbocycles. The molecule has 5 rings (SSSR count). The van der Waals surface area contributed by atoms with E-state index in [1.165, 1.54) is 11.1 Å². The number of para-hydroxylation sites is 1. The quantitative estimate of drug-likeness (QED) is 0.599. The van der Waals surface area contributed by atoms with Gasteiger partial charge in [-0.2, -0.15) is 0 Å². The van der Waals surface area contributed by atoms with E-state index in [1.807, 2.05) is 47.5 Å². The molecule has 0 saturated carbocycles. The second kappa shape index (κ2) is 5.71. The molecule has 2 unspecified atom stereocenters. The van der Waals surface area contributed by atoms with E-state index in [-0.39, 0.29) is 16.5 Å². The van der Waals surface area contributed by atoms with Gasteiger partial charge in [0.15, 0.2) is 0 Å². The summed E-state index contributed by atoms with van der Waals surface area (Å²) in [6.45, 7) is 4.23. The van der Waals surface area contributed by atoms with E-state index in [9.17, 15) is 4.79 Å². The van der Waals surface area contributed by atoms with E-state index >= 15 is 0 Å². The normalized spacial score (nSPS) is 20.5. The summed E-state index contributed by atoms with van der Waals surface area (Å²) in [5, 5.41) is -0.240. The van der Waals surface area contributed by atoms with Gasteiger partial charge in [0.25, 0.3) is 0 Å². The zero-order valence-corrected chi connectivity index (χ0v) is 15.5. The minimum atomic E-state index is -0.191. The minimum Gasteiger partial charge on any atom is -0.294 e. The Morgan fingerprint density at radius 3 is 2.54 bits per heavy atom. The average Bonchev–Trinajstić information content (AvgIpc) is 2.94. The van der Waals surface area contributed by atoms with Crippen molar-refractivity contribution in [3.8, 4) is 11.3 Å². The fraction of sp³-hybridized carbons (Fsp3) is 0.182. The number of anilines is 1. The number of pyridine rings is 1. The Kier molecular flexibility index (Phi) is 3.44. The first-order valence-electron chi connectivity index (χ1n) is 8.75. The highest BCUT2D eigenvalue weighted by Gasteiger charge is 2.46. The van der Waals surface area contributed by atoms with Crippen LogP contribution in [0.15, 0.2) is 60.8 Å². The maximum Gasteiger partial charge on any atom is 0.245 e. The number of amides is 1. The highest BCUT2D eigenvalue weighted by atomic mass is 32.2. The minimum absolute atomic E-state index is 0.0494. The molecule has 0 radical (unpaired) electrons. The number of thioether (sulfide) groups is 1.